The van der Waals surface area contributed by atoms with Crippen LogP contribution in [0.5, 0.6) is 0 Å². The quantitative estimate of drug-likeness (QED) is 0.886. The Morgan fingerprint density at radius 1 is 1.19 bits per heavy atom. The number of carbonyl (C=O) groups excluding carboxylic acids is 1. The Hall–Kier alpha value is -2.76. The van der Waals surface area contributed by atoms with Crippen LogP contribution in [0.2, 0.25) is 0 Å². The first kappa shape index (κ1) is 14.6. The molecule has 0 atom stereocenters. The third-order valence-electron chi connectivity index (χ3n) is 2.84. The Morgan fingerprint density at radius 2 is 1.90 bits per heavy atom. The van der Waals surface area contributed by atoms with Crippen molar-refractivity contribution in [3.8, 4) is 0 Å². The van der Waals surface area contributed by atoms with Gasteiger partial charge in [-0.3, -0.25) is 4.79 Å². The molecule has 0 aliphatic carbocycles. The smallest absolute Gasteiger partial charge is 0.356 e. The van der Waals surface area contributed by atoms with Gasteiger partial charge < -0.3 is 10.4 Å². The number of pyridine rings is 1. The minimum absolute atomic E-state index is 0.161. The van der Waals surface area contributed by atoms with Crippen molar-refractivity contribution in [2.24, 2.45) is 0 Å². The van der Waals surface area contributed by atoms with Crippen LogP contribution in [0.4, 0.5) is 10.1 Å². The van der Waals surface area contributed by atoms with E-state index in [9.17, 15) is 14.0 Å². The molecule has 0 bridgehead atoms. The van der Waals surface area contributed by atoms with Gasteiger partial charge in [0, 0.05) is 12.6 Å². The lowest BCUT2D eigenvalue weighted by molar-refractivity contribution is -0.116. The molecule has 2 rings (SSSR count). The van der Waals surface area contributed by atoms with Gasteiger partial charge >= 0.3 is 5.97 Å². The van der Waals surface area contributed by atoms with E-state index in [-0.39, 0.29) is 29.5 Å². The van der Waals surface area contributed by atoms with Crippen LogP contribution in [-0.2, 0) is 11.2 Å². The molecule has 1 aromatic heterocycles. The van der Waals surface area contributed by atoms with Crippen molar-refractivity contribution in [1.29, 1.82) is 0 Å². The number of aromatic nitrogens is 1. The number of benzene rings is 1. The summed E-state index contributed by atoms with van der Waals surface area (Å²) >= 11 is 0. The number of rotatable bonds is 5. The van der Waals surface area contributed by atoms with Crippen molar-refractivity contribution < 1.29 is 19.1 Å². The molecule has 1 aromatic carbocycles. The van der Waals surface area contributed by atoms with Gasteiger partial charge in [0.2, 0.25) is 5.91 Å². The van der Waals surface area contributed by atoms with Gasteiger partial charge in [-0.05, 0) is 36.2 Å². The molecule has 1 amide bonds. The van der Waals surface area contributed by atoms with Crippen molar-refractivity contribution in [1.82, 2.24) is 4.98 Å². The Labute approximate surface area is 120 Å². The molecular formula is C15H13FN2O3. The fourth-order valence-corrected chi connectivity index (χ4v) is 1.80. The van der Waals surface area contributed by atoms with Gasteiger partial charge in [-0.25, -0.2) is 14.2 Å². The number of anilines is 1. The maximum absolute atomic E-state index is 12.8. The number of carboxylic acid groups (broad SMARTS) is 1. The van der Waals surface area contributed by atoms with Crippen LogP contribution in [0, 0.1) is 5.82 Å². The molecule has 6 heteroatoms. The van der Waals surface area contributed by atoms with Gasteiger partial charge in [0.25, 0.3) is 0 Å². The maximum Gasteiger partial charge on any atom is 0.356 e. The van der Waals surface area contributed by atoms with Crippen LogP contribution in [-0.4, -0.2) is 22.0 Å². The van der Waals surface area contributed by atoms with Gasteiger partial charge in [0.1, 0.15) is 5.82 Å². The summed E-state index contributed by atoms with van der Waals surface area (Å²) in [6.07, 6.45) is 1.95. The van der Waals surface area contributed by atoms with E-state index >= 15 is 0 Å². The second-order valence-electron chi connectivity index (χ2n) is 4.38. The summed E-state index contributed by atoms with van der Waals surface area (Å²) in [6, 6.07) is 8.90. The molecule has 2 aromatic rings. The third-order valence-corrected chi connectivity index (χ3v) is 2.84. The van der Waals surface area contributed by atoms with Gasteiger partial charge in [-0.15, -0.1) is 0 Å². The lowest BCUT2D eigenvalue weighted by Gasteiger charge is -2.07. The Balaban J connectivity index is 1.96. The number of carboxylic acids is 1. The molecular weight excluding hydrogens is 275 g/mol. The molecule has 1 heterocycles. The number of halogens is 1. The van der Waals surface area contributed by atoms with Gasteiger partial charge in [-0.1, -0.05) is 12.1 Å². The first-order valence-corrected chi connectivity index (χ1v) is 6.29. The zero-order valence-corrected chi connectivity index (χ0v) is 11.0. The number of aromatic carboxylic acids is 1. The molecule has 0 fully saturated rings. The van der Waals surface area contributed by atoms with E-state index in [1.165, 1.54) is 24.4 Å². The van der Waals surface area contributed by atoms with Crippen LogP contribution in [0.3, 0.4) is 0 Å². The van der Waals surface area contributed by atoms with Gasteiger partial charge in [0.15, 0.2) is 5.69 Å². The van der Waals surface area contributed by atoms with Crippen LogP contribution < -0.4 is 5.32 Å². The molecule has 5 nitrogen and oxygen atoms in total. The highest BCUT2D eigenvalue weighted by Crippen LogP contribution is 2.13. The Kier molecular flexibility index (Phi) is 4.61. The molecule has 0 spiro atoms. The minimum atomic E-state index is -1.20. The van der Waals surface area contributed by atoms with E-state index < -0.39 is 5.97 Å². The predicted molar refractivity (Wildman–Crippen MR) is 74.5 cm³/mol. The summed E-state index contributed by atoms with van der Waals surface area (Å²) in [4.78, 5) is 26.5. The van der Waals surface area contributed by atoms with E-state index in [1.807, 2.05) is 0 Å². The molecule has 21 heavy (non-hydrogen) atoms. The normalized spacial score (nSPS) is 10.1. The van der Waals surface area contributed by atoms with Crippen LogP contribution in [0.1, 0.15) is 22.5 Å². The number of carbonyl (C=O) groups is 2. The molecule has 2 N–H and O–H groups in total. The molecule has 108 valence electrons. The number of nitrogens with zero attached hydrogens (tertiary/aromatic N) is 1. The largest absolute Gasteiger partial charge is 0.476 e. The summed E-state index contributed by atoms with van der Waals surface area (Å²) in [5, 5.41) is 11.5. The number of hydrogen-bond donors (Lipinski definition) is 2. The standard InChI is InChI=1S/C15H13FN2O3/c16-11-6-3-10(4-7-11)5-8-13(19)18-12-2-1-9-17-14(12)15(20)21/h1-4,6-7,9H,5,8H2,(H,18,19)(H,20,21). The van der Waals surface area contributed by atoms with E-state index in [2.05, 4.69) is 10.3 Å². The number of aryl methyl sites for hydroxylation is 1. The molecule has 0 unspecified atom stereocenters. The highest BCUT2D eigenvalue weighted by Gasteiger charge is 2.13. The molecule has 0 aliphatic rings. The van der Waals surface area contributed by atoms with Crippen molar-refractivity contribution in [3.05, 3.63) is 59.7 Å². The van der Waals surface area contributed by atoms with Crippen molar-refractivity contribution in [2.45, 2.75) is 12.8 Å². The SMILES string of the molecule is O=C(CCc1ccc(F)cc1)Nc1cccnc1C(=O)O. The first-order chi connectivity index (χ1) is 10.1. The highest BCUT2D eigenvalue weighted by atomic mass is 19.1. The topological polar surface area (TPSA) is 79.3 Å². The van der Waals surface area contributed by atoms with E-state index in [4.69, 9.17) is 5.11 Å². The predicted octanol–water partition coefficient (Wildman–Crippen LogP) is 2.49. The monoisotopic (exact) mass is 288 g/mol. The first-order valence-electron chi connectivity index (χ1n) is 6.29. The van der Waals surface area contributed by atoms with Crippen LogP contribution in [0.15, 0.2) is 42.6 Å². The number of hydrogen-bond acceptors (Lipinski definition) is 3. The number of amides is 1. The molecule has 0 saturated carbocycles. The lowest BCUT2D eigenvalue weighted by atomic mass is 10.1. The van der Waals surface area contributed by atoms with Crippen molar-refractivity contribution >= 4 is 17.6 Å². The fourth-order valence-electron chi connectivity index (χ4n) is 1.80. The molecule has 0 saturated heterocycles. The molecule has 0 radical (unpaired) electrons. The Morgan fingerprint density at radius 3 is 2.57 bits per heavy atom. The second kappa shape index (κ2) is 6.60. The summed E-state index contributed by atoms with van der Waals surface area (Å²) in [6.45, 7) is 0. The highest BCUT2D eigenvalue weighted by molar-refractivity contribution is 5.99. The summed E-state index contributed by atoms with van der Waals surface area (Å²) in [7, 11) is 0. The maximum atomic E-state index is 12.8. The van der Waals surface area contributed by atoms with Gasteiger partial charge in [-0.2, -0.15) is 0 Å². The van der Waals surface area contributed by atoms with Crippen LogP contribution in [0.25, 0.3) is 0 Å². The van der Waals surface area contributed by atoms with Crippen molar-refractivity contribution in [3.63, 3.8) is 0 Å². The fraction of sp³-hybridized carbons (Fsp3) is 0.133. The van der Waals surface area contributed by atoms with Gasteiger partial charge in [0.05, 0.1) is 5.69 Å². The van der Waals surface area contributed by atoms with E-state index in [0.717, 1.165) is 5.56 Å². The number of nitrogens with one attached hydrogen (secondary N) is 1. The van der Waals surface area contributed by atoms with E-state index in [1.54, 1.807) is 18.2 Å². The average molecular weight is 288 g/mol. The second-order valence-corrected chi connectivity index (χ2v) is 4.38. The summed E-state index contributed by atoms with van der Waals surface area (Å²) in [5.41, 5.74) is 0.790. The van der Waals surface area contributed by atoms with E-state index in [0.29, 0.717) is 6.42 Å². The zero-order valence-electron chi connectivity index (χ0n) is 11.0. The summed E-state index contributed by atoms with van der Waals surface area (Å²) < 4.78 is 12.8. The average Bonchev–Trinajstić information content (AvgIpc) is 2.47. The third kappa shape index (κ3) is 4.10. The zero-order chi connectivity index (χ0) is 15.2. The minimum Gasteiger partial charge on any atom is -0.476 e. The summed E-state index contributed by atoms with van der Waals surface area (Å²) in [5.74, 6) is -1.86. The lowest BCUT2D eigenvalue weighted by Crippen LogP contribution is -2.16. The molecule has 0 aliphatic heterocycles. The Bertz CT molecular complexity index is 656. The van der Waals surface area contributed by atoms with Crippen LogP contribution >= 0.6 is 0 Å². The van der Waals surface area contributed by atoms with Crippen molar-refractivity contribution in [2.75, 3.05) is 5.32 Å².